The number of aliphatic hydroxyl groups excluding tert-OH is 1. The summed E-state index contributed by atoms with van der Waals surface area (Å²) in [5.41, 5.74) is -0.623. The number of hydrogen-bond acceptors (Lipinski definition) is 7. The zero-order valence-corrected chi connectivity index (χ0v) is 10.6. The van der Waals surface area contributed by atoms with E-state index in [1.165, 1.54) is 12.1 Å². The van der Waals surface area contributed by atoms with Crippen LogP contribution in [0.5, 0.6) is 0 Å². The fourth-order valence-electron chi connectivity index (χ4n) is 1.79. The Balaban J connectivity index is 2.23. The van der Waals surface area contributed by atoms with Gasteiger partial charge in [-0.05, 0) is 12.1 Å². The lowest BCUT2D eigenvalue weighted by Crippen LogP contribution is -2.32. The van der Waals surface area contributed by atoms with Gasteiger partial charge in [-0.15, -0.1) is 5.06 Å². The molecule has 1 fully saturated rings. The molecule has 0 spiro atoms. The van der Waals surface area contributed by atoms with Crippen molar-refractivity contribution in [3.05, 3.63) is 39.4 Å². The van der Waals surface area contributed by atoms with Crippen LogP contribution in [-0.4, -0.2) is 32.9 Å². The minimum Gasteiger partial charge on any atom is -0.391 e. The monoisotopic (exact) mass is 294 g/mol. The SMILES string of the molecule is O=C(ON1C(=O)CCC1=O)c1ccc(CO)c([N+](=O)[O-])c1. The number of nitro benzene ring substituents is 1. The molecule has 9 heteroatoms. The van der Waals surface area contributed by atoms with Gasteiger partial charge in [-0.1, -0.05) is 0 Å². The smallest absolute Gasteiger partial charge is 0.364 e. The van der Waals surface area contributed by atoms with Gasteiger partial charge in [0.2, 0.25) is 0 Å². The molecule has 0 aromatic heterocycles. The molecule has 1 N–H and O–H groups in total. The summed E-state index contributed by atoms with van der Waals surface area (Å²) in [5.74, 6) is -2.35. The first kappa shape index (κ1) is 14.6. The fourth-order valence-corrected chi connectivity index (χ4v) is 1.79. The van der Waals surface area contributed by atoms with E-state index in [4.69, 9.17) is 5.11 Å². The highest BCUT2D eigenvalue weighted by Crippen LogP contribution is 2.22. The molecule has 9 nitrogen and oxygen atoms in total. The second-order valence-corrected chi connectivity index (χ2v) is 4.22. The third kappa shape index (κ3) is 2.87. The standard InChI is InChI=1S/C12H10N2O7/c15-6-8-2-1-7(5-9(8)14(19)20)12(18)21-13-10(16)3-4-11(13)17/h1-2,5,15H,3-4,6H2. The molecule has 1 aromatic rings. The molecule has 1 saturated heterocycles. The van der Waals surface area contributed by atoms with Crippen LogP contribution in [0.3, 0.4) is 0 Å². The largest absolute Gasteiger partial charge is 0.391 e. The van der Waals surface area contributed by atoms with Crippen molar-refractivity contribution in [2.45, 2.75) is 19.4 Å². The van der Waals surface area contributed by atoms with Crippen molar-refractivity contribution in [2.75, 3.05) is 0 Å². The molecule has 2 amide bonds. The highest BCUT2D eigenvalue weighted by atomic mass is 16.7. The van der Waals surface area contributed by atoms with Gasteiger partial charge in [-0.25, -0.2) is 4.79 Å². The first-order valence-corrected chi connectivity index (χ1v) is 5.90. The number of nitro groups is 1. The highest BCUT2D eigenvalue weighted by molar-refractivity contribution is 6.02. The van der Waals surface area contributed by atoms with Gasteiger partial charge in [-0.3, -0.25) is 19.7 Å². The van der Waals surface area contributed by atoms with Crippen molar-refractivity contribution in [2.24, 2.45) is 0 Å². The zero-order valence-electron chi connectivity index (χ0n) is 10.6. The summed E-state index contributed by atoms with van der Waals surface area (Å²) in [6, 6.07) is 3.31. The Hall–Kier alpha value is -2.81. The van der Waals surface area contributed by atoms with E-state index in [-0.39, 0.29) is 24.0 Å². The Kier molecular flexibility index (Phi) is 3.94. The van der Waals surface area contributed by atoms with Gasteiger partial charge in [0, 0.05) is 18.9 Å². The molecular weight excluding hydrogens is 284 g/mol. The zero-order chi connectivity index (χ0) is 15.6. The number of hydrogen-bond donors (Lipinski definition) is 1. The maximum absolute atomic E-state index is 11.8. The predicted octanol–water partition coefficient (Wildman–Crippen LogP) is 0.308. The highest BCUT2D eigenvalue weighted by Gasteiger charge is 2.33. The molecule has 110 valence electrons. The lowest BCUT2D eigenvalue weighted by atomic mass is 10.1. The first-order chi connectivity index (χ1) is 9.93. The third-order valence-corrected chi connectivity index (χ3v) is 2.87. The Morgan fingerprint density at radius 3 is 2.48 bits per heavy atom. The quantitative estimate of drug-likeness (QED) is 0.480. The summed E-state index contributed by atoms with van der Waals surface area (Å²) in [7, 11) is 0. The van der Waals surface area contributed by atoms with Crippen molar-refractivity contribution in [3.63, 3.8) is 0 Å². The van der Waals surface area contributed by atoms with Crippen molar-refractivity contribution in [1.29, 1.82) is 0 Å². The number of aliphatic hydroxyl groups is 1. The Morgan fingerprint density at radius 1 is 1.33 bits per heavy atom. The molecule has 0 radical (unpaired) electrons. The van der Waals surface area contributed by atoms with E-state index in [1.54, 1.807) is 0 Å². The maximum Gasteiger partial charge on any atom is 0.364 e. The van der Waals surface area contributed by atoms with Crippen LogP contribution in [0.2, 0.25) is 0 Å². The molecule has 1 aliphatic rings. The van der Waals surface area contributed by atoms with Crippen molar-refractivity contribution >= 4 is 23.5 Å². The van der Waals surface area contributed by atoms with Crippen molar-refractivity contribution < 1.29 is 29.3 Å². The van der Waals surface area contributed by atoms with Crippen molar-refractivity contribution in [3.8, 4) is 0 Å². The second kappa shape index (κ2) is 5.67. The summed E-state index contributed by atoms with van der Waals surface area (Å²) in [6.45, 7) is -0.561. The van der Waals surface area contributed by atoms with Crippen LogP contribution in [0.25, 0.3) is 0 Å². The Morgan fingerprint density at radius 2 is 1.95 bits per heavy atom. The number of imide groups is 1. The lowest BCUT2D eigenvalue weighted by molar-refractivity contribution is -0.385. The van der Waals surface area contributed by atoms with Gasteiger partial charge < -0.3 is 9.94 Å². The summed E-state index contributed by atoms with van der Waals surface area (Å²) in [4.78, 5) is 49.2. The number of amides is 2. The van der Waals surface area contributed by atoms with Gasteiger partial charge in [0.1, 0.15) is 0 Å². The van der Waals surface area contributed by atoms with Gasteiger partial charge in [-0.2, -0.15) is 0 Å². The fraction of sp³-hybridized carbons (Fsp3) is 0.250. The van der Waals surface area contributed by atoms with Crippen LogP contribution in [-0.2, 0) is 21.0 Å². The lowest BCUT2D eigenvalue weighted by Gasteiger charge is -2.12. The van der Waals surface area contributed by atoms with Gasteiger partial charge in [0.15, 0.2) is 0 Å². The Labute approximate surface area is 117 Å². The van der Waals surface area contributed by atoms with Gasteiger partial charge in [0.05, 0.1) is 22.7 Å². The molecule has 1 heterocycles. The average molecular weight is 294 g/mol. The molecule has 0 unspecified atom stereocenters. The average Bonchev–Trinajstić information content (AvgIpc) is 2.78. The minimum atomic E-state index is -1.06. The van der Waals surface area contributed by atoms with E-state index < -0.39 is 35.0 Å². The number of nitrogens with zero attached hydrogens (tertiary/aromatic N) is 2. The summed E-state index contributed by atoms with van der Waals surface area (Å²) < 4.78 is 0. The maximum atomic E-state index is 11.8. The minimum absolute atomic E-state index is 0.0323. The van der Waals surface area contributed by atoms with Gasteiger partial charge in [0.25, 0.3) is 17.5 Å². The van der Waals surface area contributed by atoms with Gasteiger partial charge >= 0.3 is 5.97 Å². The van der Waals surface area contributed by atoms with E-state index in [9.17, 15) is 24.5 Å². The third-order valence-electron chi connectivity index (χ3n) is 2.87. The molecule has 1 aliphatic heterocycles. The molecule has 0 saturated carbocycles. The molecule has 2 rings (SSSR count). The predicted molar refractivity (Wildman–Crippen MR) is 65.5 cm³/mol. The van der Waals surface area contributed by atoms with E-state index in [0.717, 1.165) is 6.07 Å². The molecule has 0 atom stereocenters. The molecule has 21 heavy (non-hydrogen) atoms. The number of rotatable bonds is 4. The number of hydroxylamine groups is 2. The van der Waals surface area contributed by atoms with Crippen LogP contribution in [0.4, 0.5) is 5.69 Å². The van der Waals surface area contributed by atoms with E-state index in [0.29, 0.717) is 5.06 Å². The normalized spacial score (nSPS) is 14.4. The molecule has 0 bridgehead atoms. The van der Waals surface area contributed by atoms with Crippen LogP contribution in [0, 0.1) is 10.1 Å². The molecule has 0 aliphatic carbocycles. The number of carbonyl (C=O) groups excluding carboxylic acids is 3. The first-order valence-electron chi connectivity index (χ1n) is 5.90. The van der Waals surface area contributed by atoms with Crippen LogP contribution in [0.15, 0.2) is 18.2 Å². The van der Waals surface area contributed by atoms with E-state index in [2.05, 4.69) is 4.84 Å². The van der Waals surface area contributed by atoms with Crippen molar-refractivity contribution in [1.82, 2.24) is 5.06 Å². The summed E-state index contributed by atoms with van der Waals surface area (Å²) >= 11 is 0. The second-order valence-electron chi connectivity index (χ2n) is 4.22. The number of carbonyl (C=O) groups is 3. The topological polar surface area (TPSA) is 127 Å². The van der Waals surface area contributed by atoms with Crippen LogP contribution in [0.1, 0.15) is 28.8 Å². The molecular formula is C12H10N2O7. The molecule has 1 aromatic carbocycles. The van der Waals surface area contributed by atoms with E-state index >= 15 is 0 Å². The summed E-state index contributed by atoms with van der Waals surface area (Å²) in [6.07, 6.45) is -0.0918. The van der Waals surface area contributed by atoms with Crippen LogP contribution >= 0.6 is 0 Å². The Bertz CT molecular complexity index is 624. The van der Waals surface area contributed by atoms with E-state index in [1.807, 2.05) is 0 Å². The van der Waals surface area contributed by atoms with Crippen LogP contribution < -0.4 is 0 Å². The number of benzene rings is 1. The summed E-state index contributed by atoms with van der Waals surface area (Å²) in [5, 5.41) is 20.2.